The van der Waals surface area contributed by atoms with Crippen LogP contribution in [0, 0.1) is 11.8 Å². The average Bonchev–Trinajstić information content (AvgIpc) is 3.09. The van der Waals surface area contributed by atoms with Gasteiger partial charge < -0.3 is 10.2 Å². The van der Waals surface area contributed by atoms with Gasteiger partial charge in [-0.15, -0.1) is 0 Å². The lowest BCUT2D eigenvalue weighted by Gasteiger charge is -2.25. The van der Waals surface area contributed by atoms with Gasteiger partial charge in [0.25, 0.3) is 0 Å². The van der Waals surface area contributed by atoms with Crippen LogP contribution in [0.5, 0.6) is 0 Å². The first-order valence-corrected chi connectivity index (χ1v) is 7.49. The number of carbonyl (C=O) groups excluding carboxylic acids is 1. The van der Waals surface area contributed by atoms with Gasteiger partial charge in [-0.3, -0.25) is 9.69 Å². The second-order valence-electron chi connectivity index (χ2n) is 6.21. The molecule has 0 aromatic rings. The van der Waals surface area contributed by atoms with Gasteiger partial charge >= 0.3 is 0 Å². The zero-order chi connectivity index (χ0) is 12.5. The molecule has 4 heteroatoms. The Labute approximate surface area is 110 Å². The molecule has 1 N–H and O–H groups in total. The van der Waals surface area contributed by atoms with Crippen molar-refractivity contribution >= 4 is 5.91 Å². The molecule has 0 aromatic carbocycles. The molecule has 3 atom stereocenters. The lowest BCUT2D eigenvalue weighted by atomic mass is 9.97. The lowest BCUT2D eigenvalue weighted by molar-refractivity contribution is -0.135. The molecule has 3 saturated heterocycles. The summed E-state index contributed by atoms with van der Waals surface area (Å²) in [6.45, 7) is 8.51. The molecule has 18 heavy (non-hydrogen) atoms. The van der Waals surface area contributed by atoms with Crippen LogP contribution < -0.4 is 5.32 Å². The van der Waals surface area contributed by atoms with Crippen LogP contribution in [0.15, 0.2) is 0 Å². The molecule has 0 aromatic heterocycles. The number of hydrogen-bond acceptors (Lipinski definition) is 3. The van der Waals surface area contributed by atoms with Crippen molar-refractivity contribution in [3.63, 3.8) is 0 Å². The van der Waals surface area contributed by atoms with E-state index in [9.17, 15) is 4.79 Å². The fourth-order valence-corrected chi connectivity index (χ4v) is 3.72. The Morgan fingerprint density at radius 3 is 2.61 bits per heavy atom. The zero-order valence-electron chi connectivity index (χ0n) is 11.4. The normalized spacial score (nSPS) is 37.6. The number of nitrogens with one attached hydrogen (secondary N) is 1. The topological polar surface area (TPSA) is 35.6 Å². The molecule has 3 aliphatic rings. The maximum atomic E-state index is 12.5. The molecule has 0 bridgehead atoms. The summed E-state index contributed by atoms with van der Waals surface area (Å²) in [6.07, 6.45) is 3.86. The molecule has 0 aliphatic carbocycles. The molecule has 3 fully saturated rings. The van der Waals surface area contributed by atoms with Crippen LogP contribution in [0.2, 0.25) is 0 Å². The van der Waals surface area contributed by atoms with Gasteiger partial charge in [-0.2, -0.15) is 0 Å². The van der Waals surface area contributed by atoms with Gasteiger partial charge in [0.1, 0.15) is 0 Å². The molecular formula is C14H25N3O. The van der Waals surface area contributed by atoms with E-state index in [1.807, 2.05) is 0 Å². The molecule has 102 valence electrons. The number of likely N-dealkylation sites (tertiary alicyclic amines) is 2. The van der Waals surface area contributed by atoms with Gasteiger partial charge in [0.05, 0.1) is 5.92 Å². The fraction of sp³-hybridized carbons (Fsp3) is 0.929. The Balaban J connectivity index is 1.56. The molecule has 3 aliphatic heterocycles. The van der Waals surface area contributed by atoms with Crippen molar-refractivity contribution in [1.29, 1.82) is 0 Å². The number of carbonyl (C=O) groups is 1. The fourth-order valence-electron chi connectivity index (χ4n) is 3.72. The van der Waals surface area contributed by atoms with E-state index in [0.29, 0.717) is 17.9 Å². The van der Waals surface area contributed by atoms with Crippen molar-refractivity contribution in [3.8, 4) is 0 Å². The van der Waals surface area contributed by atoms with Gasteiger partial charge in [0.15, 0.2) is 0 Å². The van der Waals surface area contributed by atoms with Crippen molar-refractivity contribution in [1.82, 2.24) is 15.1 Å². The molecule has 4 nitrogen and oxygen atoms in total. The monoisotopic (exact) mass is 251 g/mol. The Morgan fingerprint density at radius 1 is 1.17 bits per heavy atom. The van der Waals surface area contributed by atoms with Crippen LogP contribution in [0.25, 0.3) is 0 Å². The second-order valence-corrected chi connectivity index (χ2v) is 6.21. The third-order valence-corrected chi connectivity index (χ3v) is 4.97. The second kappa shape index (κ2) is 5.17. The quantitative estimate of drug-likeness (QED) is 0.778. The molecule has 3 heterocycles. The van der Waals surface area contributed by atoms with Crippen LogP contribution in [-0.2, 0) is 4.79 Å². The van der Waals surface area contributed by atoms with Gasteiger partial charge in [0, 0.05) is 25.7 Å². The minimum Gasteiger partial charge on any atom is -0.341 e. The number of nitrogens with zero attached hydrogens (tertiary/aromatic N) is 2. The van der Waals surface area contributed by atoms with E-state index in [4.69, 9.17) is 0 Å². The Hall–Kier alpha value is -0.610. The first kappa shape index (κ1) is 12.4. The van der Waals surface area contributed by atoms with E-state index in [-0.39, 0.29) is 5.92 Å². The summed E-state index contributed by atoms with van der Waals surface area (Å²) in [5.41, 5.74) is 0. The predicted molar refractivity (Wildman–Crippen MR) is 71.3 cm³/mol. The van der Waals surface area contributed by atoms with Crippen molar-refractivity contribution in [3.05, 3.63) is 0 Å². The van der Waals surface area contributed by atoms with Gasteiger partial charge in [-0.1, -0.05) is 6.92 Å². The molecule has 1 unspecified atom stereocenters. The largest absolute Gasteiger partial charge is 0.341 e. The zero-order valence-corrected chi connectivity index (χ0v) is 11.4. The highest BCUT2D eigenvalue weighted by atomic mass is 16.2. The molecular weight excluding hydrogens is 226 g/mol. The Morgan fingerprint density at radius 2 is 1.94 bits per heavy atom. The first-order chi connectivity index (χ1) is 8.75. The van der Waals surface area contributed by atoms with E-state index in [2.05, 4.69) is 22.0 Å². The number of hydrogen-bond donors (Lipinski definition) is 1. The first-order valence-electron chi connectivity index (χ1n) is 7.49. The average molecular weight is 251 g/mol. The third kappa shape index (κ3) is 2.28. The van der Waals surface area contributed by atoms with E-state index in [1.165, 1.54) is 32.4 Å². The van der Waals surface area contributed by atoms with Crippen LogP contribution >= 0.6 is 0 Å². The molecule has 0 saturated carbocycles. The minimum absolute atomic E-state index is 0.224. The van der Waals surface area contributed by atoms with Crippen molar-refractivity contribution in [2.45, 2.75) is 32.2 Å². The number of rotatable bonds is 2. The maximum Gasteiger partial charge on any atom is 0.227 e. The molecule has 3 rings (SSSR count). The van der Waals surface area contributed by atoms with E-state index < -0.39 is 0 Å². The SMILES string of the molecule is C[C@@H]1CNC[C@H]1C(=O)N1CCC(N2CCCC2)C1. The summed E-state index contributed by atoms with van der Waals surface area (Å²) in [5.74, 6) is 1.12. The number of amides is 1. The summed E-state index contributed by atoms with van der Waals surface area (Å²) in [6, 6.07) is 0.640. The highest BCUT2D eigenvalue weighted by Crippen LogP contribution is 2.24. The third-order valence-electron chi connectivity index (χ3n) is 4.97. The predicted octanol–water partition coefficient (Wildman–Crippen LogP) is 0.539. The van der Waals surface area contributed by atoms with Crippen LogP contribution in [0.4, 0.5) is 0 Å². The maximum absolute atomic E-state index is 12.5. The summed E-state index contributed by atoms with van der Waals surface area (Å²) in [4.78, 5) is 17.2. The van der Waals surface area contributed by atoms with Crippen LogP contribution in [0.1, 0.15) is 26.2 Å². The highest BCUT2D eigenvalue weighted by molar-refractivity contribution is 5.80. The molecule has 0 radical (unpaired) electrons. The van der Waals surface area contributed by atoms with Crippen molar-refractivity contribution < 1.29 is 4.79 Å². The standard InChI is InChI=1S/C14H25N3O/c1-11-8-15-9-13(11)14(18)17-7-4-12(10-17)16-5-2-3-6-16/h11-13,15H,2-10H2,1H3/t11-,12?,13-/m1/s1. The van der Waals surface area contributed by atoms with Gasteiger partial charge in [0.2, 0.25) is 5.91 Å². The van der Waals surface area contributed by atoms with E-state index in [1.54, 1.807) is 0 Å². The van der Waals surface area contributed by atoms with Gasteiger partial charge in [-0.25, -0.2) is 0 Å². The van der Waals surface area contributed by atoms with Crippen LogP contribution in [0.3, 0.4) is 0 Å². The van der Waals surface area contributed by atoms with E-state index >= 15 is 0 Å². The summed E-state index contributed by atoms with van der Waals surface area (Å²) in [7, 11) is 0. The smallest absolute Gasteiger partial charge is 0.227 e. The summed E-state index contributed by atoms with van der Waals surface area (Å²) >= 11 is 0. The highest BCUT2D eigenvalue weighted by Gasteiger charge is 2.37. The Bertz CT molecular complexity index is 314. The minimum atomic E-state index is 0.224. The Kier molecular flexibility index (Phi) is 3.57. The van der Waals surface area contributed by atoms with Gasteiger partial charge in [-0.05, 0) is 44.8 Å². The molecule has 0 spiro atoms. The van der Waals surface area contributed by atoms with Crippen molar-refractivity contribution in [2.24, 2.45) is 11.8 Å². The lowest BCUT2D eigenvalue weighted by Crippen LogP contribution is -2.40. The summed E-state index contributed by atoms with van der Waals surface area (Å²) < 4.78 is 0. The van der Waals surface area contributed by atoms with E-state index in [0.717, 1.165) is 26.2 Å². The summed E-state index contributed by atoms with van der Waals surface area (Å²) in [5, 5.41) is 3.33. The van der Waals surface area contributed by atoms with Crippen molar-refractivity contribution in [2.75, 3.05) is 39.3 Å². The molecule has 1 amide bonds. The van der Waals surface area contributed by atoms with Crippen LogP contribution in [-0.4, -0.2) is 61.0 Å².